The van der Waals surface area contributed by atoms with E-state index in [0.717, 1.165) is 31.7 Å². The molecule has 1 fully saturated rings. The number of nitrogens with two attached hydrogens (primary N) is 1. The van der Waals surface area contributed by atoms with Crippen LogP contribution in [-0.2, 0) is 6.54 Å². The van der Waals surface area contributed by atoms with Crippen LogP contribution < -0.4 is 11.1 Å². The molecule has 92 valence electrons. The third-order valence-electron chi connectivity index (χ3n) is 3.13. The average Bonchev–Trinajstić information content (AvgIpc) is 2.29. The SMILES string of the molecule is C[C@H]1CN(Cc2ccccc2C(N)=O)CCN1. The Labute approximate surface area is 102 Å². The van der Waals surface area contributed by atoms with E-state index in [9.17, 15) is 4.79 Å². The van der Waals surface area contributed by atoms with Crippen molar-refractivity contribution in [1.82, 2.24) is 10.2 Å². The second-order valence-corrected chi connectivity index (χ2v) is 4.61. The Kier molecular flexibility index (Phi) is 3.76. The molecule has 17 heavy (non-hydrogen) atoms. The van der Waals surface area contributed by atoms with Crippen molar-refractivity contribution in [2.24, 2.45) is 5.73 Å². The molecule has 1 amide bonds. The molecule has 3 N–H and O–H groups in total. The second-order valence-electron chi connectivity index (χ2n) is 4.61. The predicted molar refractivity (Wildman–Crippen MR) is 67.7 cm³/mol. The van der Waals surface area contributed by atoms with Gasteiger partial charge in [0.2, 0.25) is 5.91 Å². The highest BCUT2D eigenvalue weighted by atomic mass is 16.1. The topological polar surface area (TPSA) is 58.4 Å². The standard InChI is InChI=1S/C13H19N3O/c1-10-8-16(7-6-15-10)9-11-4-2-3-5-12(11)13(14)17/h2-5,10,15H,6-9H2,1H3,(H2,14,17)/t10-/m0/s1. The maximum absolute atomic E-state index is 11.3. The highest BCUT2D eigenvalue weighted by Gasteiger charge is 2.17. The first-order chi connectivity index (χ1) is 8.16. The number of hydrogen-bond acceptors (Lipinski definition) is 3. The van der Waals surface area contributed by atoms with Gasteiger partial charge >= 0.3 is 0 Å². The first-order valence-corrected chi connectivity index (χ1v) is 6.00. The van der Waals surface area contributed by atoms with Crippen molar-refractivity contribution in [3.05, 3.63) is 35.4 Å². The summed E-state index contributed by atoms with van der Waals surface area (Å²) in [6.45, 7) is 5.99. The molecule has 1 aromatic carbocycles. The van der Waals surface area contributed by atoms with E-state index in [2.05, 4.69) is 17.1 Å². The van der Waals surface area contributed by atoms with Gasteiger partial charge in [0.15, 0.2) is 0 Å². The van der Waals surface area contributed by atoms with Gasteiger partial charge < -0.3 is 11.1 Å². The predicted octanol–water partition coefficient (Wildman–Crippen LogP) is 0.579. The third kappa shape index (κ3) is 3.05. The van der Waals surface area contributed by atoms with Crippen LogP contribution >= 0.6 is 0 Å². The molecular formula is C13H19N3O. The van der Waals surface area contributed by atoms with Gasteiger partial charge in [0.25, 0.3) is 0 Å². The first kappa shape index (κ1) is 12.1. The van der Waals surface area contributed by atoms with Crippen LogP contribution in [0.1, 0.15) is 22.8 Å². The molecule has 1 atom stereocenters. The Morgan fingerprint density at radius 2 is 2.29 bits per heavy atom. The normalized spacial score (nSPS) is 21.4. The number of nitrogens with zero attached hydrogens (tertiary/aromatic N) is 1. The molecule has 0 bridgehead atoms. The van der Waals surface area contributed by atoms with Crippen LogP contribution in [0.5, 0.6) is 0 Å². The Balaban J connectivity index is 2.10. The van der Waals surface area contributed by atoms with Crippen LogP contribution in [-0.4, -0.2) is 36.5 Å². The molecule has 0 aromatic heterocycles. The quantitative estimate of drug-likeness (QED) is 0.803. The van der Waals surface area contributed by atoms with E-state index in [1.165, 1.54) is 0 Å². The Morgan fingerprint density at radius 1 is 1.53 bits per heavy atom. The lowest BCUT2D eigenvalue weighted by atomic mass is 10.1. The summed E-state index contributed by atoms with van der Waals surface area (Å²) >= 11 is 0. The van der Waals surface area contributed by atoms with Crippen LogP contribution in [0.4, 0.5) is 0 Å². The summed E-state index contributed by atoms with van der Waals surface area (Å²) in [7, 11) is 0. The van der Waals surface area contributed by atoms with Gasteiger partial charge in [0.1, 0.15) is 0 Å². The number of nitrogens with one attached hydrogen (secondary N) is 1. The monoisotopic (exact) mass is 233 g/mol. The van der Waals surface area contributed by atoms with E-state index >= 15 is 0 Å². The summed E-state index contributed by atoms with van der Waals surface area (Å²) in [5.41, 5.74) is 7.04. The van der Waals surface area contributed by atoms with Gasteiger partial charge in [-0.05, 0) is 18.6 Å². The van der Waals surface area contributed by atoms with Crippen molar-refractivity contribution in [3.8, 4) is 0 Å². The molecule has 1 heterocycles. The van der Waals surface area contributed by atoms with E-state index in [-0.39, 0.29) is 5.91 Å². The van der Waals surface area contributed by atoms with Crippen LogP contribution in [0.15, 0.2) is 24.3 Å². The fourth-order valence-electron chi connectivity index (χ4n) is 2.30. The molecule has 0 spiro atoms. The minimum atomic E-state index is -0.344. The van der Waals surface area contributed by atoms with E-state index in [1.807, 2.05) is 18.2 Å². The molecule has 4 nitrogen and oxygen atoms in total. The Bertz CT molecular complexity index is 405. The molecule has 1 aliphatic rings. The number of carbonyl (C=O) groups excluding carboxylic acids is 1. The van der Waals surface area contributed by atoms with E-state index in [1.54, 1.807) is 6.07 Å². The highest BCUT2D eigenvalue weighted by Crippen LogP contribution is 2.12. The number of rotatable bonds is 3. The van der Waals surface area contributed by atoms with E-state index in [0.29, 0.717) is 11.6 Å². The van der Waals surface area contributed by atoms with Crippen molar-refractivity contribution in [2.75, 3.05) is 19.6 Å². The van der Waals surface area contributed by atoms with Crippen LogP contribution in [0.25, 0.3) is 0 Å². The molecular weight excluding hydrogens is 214 g/mol. The summed E-state index contributed by atoms with van der Waals surface area (Å²) in [5, 5.41) is 3.40. The number of carbonyl (C=O) groups is 1. The van der Waals surface area contributed by atoms with Gasteiger partial charge in [-0.1, -0.05) is 18.2 Å². The van der Waals surface area contributed by atoms with Gasteiger partial charge in [-0.3, -0.25) is 9.69 Å². The van der Waals surface area contributed by atoms with Gasteiger partial charge in [-0.15, -0.1) is 0 Å². The zero-order chi connectivity index (χ0) is 12.3. The lowest BCUT2D eigenvalue weighted by Crippen LogP contribution is -2.48. The number of hydrogen-bond donors (Lipinski definition) is 2. The number of amides is 1. The minimum absolute atomic E-state index is 0.344. The molecule has 4 heteroatoms. The molecule has 0 saturated carbocycles. The van der Waals surface area contributed by atoms with Crippen molar-refractivity contribution in [2.45, 2.75) is 19.5 Å². The molecule has 0 unspecified atom stereocenters. The lowest BCUT2D eigenvalue weighted by molar-refractivity contribution is 0.0997. The molecule has 0 radical (unpaired) electrons. The van der Waals surface area contributed by atoms with E-state index in [4.69, 9.17) is 5.73 Å². The molecule has 1 aliphatic heterocycles. The van der Waals surface area contributed by atoms with Gasteiger partial charge in [0.05, 0.1) is 0 Å². The highest BCUT2D eigenvalue weighted by molar-refractivity contribution is 5.94. The van der Waals surface area contributed by atoms with Gasteiger partial charge in [-0.25, -0.2) is 0 Å². The maximum atomic E-state index is 11.3. The van der Waals surface area contributed by atoms with Crippen LogP contribution in [0, 0.1) is 0 Å². The van der Waals surface area contributed by atoms with E-state index < -0.39 is 0 Å². The smallest absolute Gasteiger partial charge is 0.249 e. The van der Waals surface area contributed by atoms with Crippen molar-refractivity contribution >= 4 is 5.91 Å². The van der Waals surface area contributed by atoms with Crippen LogP contribution in [0.2, 0.25) is 0 Å². The fourth-order valence-corrected chi connectivity index (χ4v) is 2.30. The summed E-state index contributed by atoms with van der Waals surface area (Å²) in [6.07, 6.45) is 0. The first-order valence-electron chi connectivity index (χ1n) is 6.00. The summed E-state index contributed by atoms with van der Waals surface area (Å²) in [5.74, 6) is -0.344. The molecule has 0 aliphatic carbocycles. The van der Waals surface area contributed by atoms with Crippen molar-refractivity contribution < 1.29 is 4.79 Å². The summed E-state index contributed by atoms with van der Waals surface area (Å²) in [4.78, 5) is 13.7. The van der Waals surface area contributed by atoms with Gasteiger partial charge in [0, 0.05) is 37.8 Å². The maximum Gasteiger partial charge on any atom is 0.249 e. The minimum Gasteiger partial charge on any atom is -0.366 e. The average molecular weight is 233 g/mol. The molecule has 1 saturated heterocycles. The fraction of sp³-hybridized carbons (Fsp3) is 0.462. The second kappa shape index (κ2) is 5.29. The number of primary amides is 1. The number of benzene rings is 1. The summed E-state index contributed by atoms with van der Waals surface area (Å²) < 4.78 is 0. The zero-order valence-corrected chi connectivity index (χ0v) is 10.1. The third-order valence-corrected chi connectivity index (χ3v) is 3.13. The Morgan fingerprint density at radius 3 is 3.00 bits per heavy atom. The largest absolute Gasteiger partial charge is 0.366 e. The van der Waals surface area contributed by atoms with Crippen molar-refractivity contribution in [3.63, 3.8) is 0 Å². The molecule has 2 rings (SSSR count). The zero-order valence-electron chi connectivity index (χ0n) is 10.1. The van der Waals surface area contributed by atoms with Crippen molar-refractivity contribution in [1.29, 1.82) is 0 Å². The van der Waals surface area contributed by atoms with Gasteiger partial charge in [-0.2, -0.15) is 0 Å². The molecule has 1 aromatic rings. The number of piperazine rings is 1. The lowest BCUT2D eigenvalue weighted by Gasteiger charge is -2.32. The summed E-state index contributed by atoms with van der Waals surface area (Å²) in [6, 6.07) is 8.08. The van der Waals surface area contributed by atoms with Crippen LogP contribution in [0.3, 0.4) is 0 Å². The Hall–Kier alpha value is -1.39.